The van der Waals surface area contributed by atoms with E-state index in [4.69, 9.17) is 14.2 Å². The van der Waals surface area contributed by atoms with Crippen molar-refractivity contribution in [2.45, 2.75) is 271 Å². The highest BCUT2D eigenvalue weighted by molar-refractivity contribution is 5.71. The largest absolute Gasteiger partial charge is 0.462 e. The number of hydrogen-bond donors (Lipinski definition) is 0. The van der Waals surface area contributed by atoms with Gasteiger partial charge in [-0.1, -0.05) is 244 Å². The second-order valence-electron chi connectivity index (χ2n) is 19.8. The number of rotatable bonds is 54. The monoisotopic (exact) mass is 1040 g/mol. The van der Waals surface area contributed by atoms with Crippen LogP contribution in [0.1, 0.15) is 265 Å². The smallest absolute Gasteiger partial charge is 0.306 e. The molecule has 0 unspecified atom stereocenters. The van der Waals surface area contributed by atoms with Gasteiger partial charge in [0.25, 0.3) is 0 Å². The summed E-state index contributed by atoms with van der Waals surface area (Å²) >= 11 is 0. The zero-order valence-electron chi connectivity index (χ0n) is 48.5. The van der Waals surface area contributed by atoms with Gasteiger partial charge in [0.1, 0.15) is 13.2 Å². The van der Waals surface area contributed by atoms with E-state index in [1.54, 1.807) is 0 Å². The Balaban J connectivity index is 4.53. The fourth-order valence-electron chi connectivity index (χ4n) is 8.08. The third kappa shape index (κ3) is 60.3. The van der Waals surface area contributed by atoms with Crippen LogP contribution in [0.3, 0.4) is 0 Å². The third-order valence-electron chi connectivity index (χ3n) is 12.6. The van der Waals surface area contributed by atoms with Crippen molar-refractivity contribution in [3.05, 3.63) is 134 Å². The van der Waals surface area contributed by atoms with Gasteiger partial charge in [-0.15, -0.1) is 0 Å². The molecular weight excluding hydrogens is 925 g/mol. The molecule has 0 fully saturated rings. The summed E-state index contributed by atoms with van der Waals surface area (Å²) in [5, 5.41) is 0. The third-order valence-corrected chi connectivity index (χ3v) is 12.6. The zero-order chi connectivity index (χ0) is 54.3. The molecule has 0 N–H and O–H groups in total. The molecule has 6 heteroatoms. The molecule has 424 valence electrons. The molecule has 0 aromatic rings. The molecule has 1 atom stereocenters. The summed E-state index contributed by atoms with van der Waals surface area (Å²) in [4.78, 5) is 38.3. The Morgan fingerprint density at radius 1 is 0.280 bits per heavy atom. The minimum absolute atomic E-state index is 0.107. The molecule has 0 amide bonds. The first kappa shape index (κ1) is 70.5. The number of hydrogen-bond acceptors (Lipinski definition) is 6. The highest BCUT2D eigenvalue weighted by Crippen LogP contribution is 2.14. The standard InChI is InChI=1S/C69H112O6/c1-4-7-10-13-16-19-22-25-28-31-34-37-40-43-46-49-52-55-58-61-67(70)73-64-66(75-69(72)63-60-57-54-51-48-45-42-39-36-33-30-27-24-21-18-15-12-9-6-3)65-74-68(71)62-59-56-53-50-47-44-41-38-35-32-29-26-23-20-17-14-11-8-5-2/h7,9-10,12,16,18-19,21,25-30,34,36-37,39,43,45-46,48,66H,4-6,8,11,13-15,17,20,22-24,31-33,35,38,40-42,44,47,49-65H2,1-3H3/b10-7+,12-9+,19-16+,21-18+,28-25+,29-26+,30-27+,37-34+,39-36+,46-43+,48-45+/t66-/m0/s1. The van der Waals surface area contributed by atoms with Gasteiger partial charge >= 0.3 is 17.9 Å². The molecule has 0 aliphatic heterocycles. The van der Waals surface area contributed by atoms with Gasteiger partial charge in [-0.3, -0.25) is 14.4 Å². The molecule has 0 bridgehead atoms. The molecule has 0 aromatic heterocycles. The SMILES string of the molecule is CC/C=C/C/C=C/C/C=C/C/C=C/C/C=C/CCCCCC(=O)OC[C@@H](COC(=O)CCCCCCCCCCC/C=C/CCCCCCCC)OC(=O)CCCCC/C=C/C/C=C/C/C=C/C/C=C/C/C=C/CC. The van der Waals surface area contributed by atoms with Gasteiger partial charge in [-0.2, -0.15) is 0 Å². The van der Waals surface area contributed by atoms with E-state index in [1.807, 2.05) is 0 Å². The fraction of sp³-hybridized carbons (Fsp3) is 0.638. The summed E-state index contributed by atoms with van der Waals surface area (Å²) in [6, 6.07) is 0. The topological polar surface area (TPSA) is 78.9 Å². The predicted octanol–water partition coefficient (Wildman–Crippen LogP) is 21.0. The zero-order valence-corrected chi connectivity index (χ0v) is 48.5. The Hall–Kier alpha value is -4.45. The highest BCUT2D eigenvalue weighted by Gasteiger charge is 2.19. The molecule has 0 saturated heterocycles. The molecule has 0 aromatic carbocycles. The molecule has 75 heavy (non-hydrogen) atoms. The number of ether oxygens (including phenoxy) is 3. The Morgan fingerprint density at radius 3 is 0.840 bits per heavy atom. The van der Waals surface area contributed by atoms with E-state index in [1.165, 1.54) is 89.9 Å². The van der Waals surface area contributed by atoms with Crippen LogP contribution in [0.15, 0.2) is 134 Å². The lowest BCUT2D eigenvalue weighted by Gasteiger charge is -2.18. The minimum Gasteiger partial charge on any atom is -0.462 e. The summed E-state index contributed by atoms with van der Waals surface area (Å²) < 4.78 is 16.9. The Kier molecular flexibility index (Phi) is 58.4. The molecule has 0 radical (unpaired) electrons. The van der Waals surface area contributed by atoms with Crippen molar-refractivity contribution in [2.75, 3.05) is 13.2 Å². The minimum atomic E-state index is -0.817. The lowest BCUT2D eigenvalue weighted by Crippen LogP contribution is -2.30. The van der Waals surface area contributed by atoms with Gasteiger partial charge in [0.05, 0.1) is 0 Å². The highest BCUT2D eigenvalue weighted by atomic mass is 16.6. The quantitative estimate of drug-likeness (QED) is 0.0261. The molecule has 0 rings (SSSR count). The number of unbranched alkanes of at least 4 members (excludes halogenated alkanes) is 21. The molecule has 0 aliphatic rings. The summed E-state index contributed by atoms with van der Waals surface area (Å²) in [6.07, 6.45) is 87.3. The van der Waals surface area contributed by atoms with Crippen molar-refractivity contribution in [2.24, 2.45) is 0 Å². The van der Waals surface area contributed by atoms with Crippen LogP contribution in [-0.2, 0) is 28.6 Å². The van der Waals surface area contributed by atoms with Crippen LogP contribution in [0.5, 0.6) is 0 Å². The number of esters is 3. The molecule has 0 heterocycles. The summed E-state index contributed by atoms with van der Waals surface area (Å²) in [6.45, 7) is 6.36. The Labute approximate surface area is 462 Å². The molecule has 0 saturated carbocycles. The number of allylic oxidation sites excluding steroid dienone is 22. The van der Waals surface area contributed by atoms with Crippen molar-refractivity contribution in [3.63, 3.8) is 0 Å². The van der Waals surface area contributed by atoms with E-state index in [0.29, 0.717) is 19.3 Å². The molecular formula is C69H112O6. The van der Waals surface area contributed by atoms with Crippen LogP contribution >= 0.6 is 0 Å². The van der Waals surface area contributed by atoms with E-state index in [9.17, 15) is 14.4 Å². The van der Waals surface area contributed by atoms with E-state index in [0.717, 1.165) is 128 Å². The van der Waals surface area contributed by atoms with Crippen LogP contribution in [0.25, 0.3) is 0 Å². The summed E-state index contributed by atoms with van der Waals surface area (Å²) in [5.74, 6) is -0.975. The van der Waals surface area contributed by atoms with Crippen molar-refractivity contribution in [1.29, 1.82) is 0 Å². The first-order valence-corrected chi connectivity index (χ1v) is 30.7. The fourth-order valence-corrected chi connectivity index (χ4v) is 8.08. The first-order chi connectivity index (χ1) is 37.0. The normalized spacial score (nSPS) is 13.1. The maximum atomic E-state index is 12.9. The molecule has 0 spiro atoms. The Morgan fingerprint density at radius 2 is 0.520 bits per heavy atom. The van der Waals surface area contributed by atoms with E-state index < -0.39 is 6.10 Å². The predicted molar refractivity (Wildman–Crippen MR) is 325 cm³/mol. The maximum absolute atomic E-state index is 12.9. The molecule has 6 nitrogen and oxygen atoms in total. The second-order valence-corrected chi connectivity index (χ2v) is 19.8. The lowest BCUT2D eigenvalue weighted by molar-refractivity contribution is -0.167. The first-order valence-electron chi connectivity index (χ1n) is 30.7. The second kappa shape index (κ2) is 62.1. The van der Waals surface area contributed by atoms with Crippen molar-refractivity contribution < 1.29 is 28.6 Å². The maximum Gasteiger partial charge on any atom is 0.306 e. The van der Waals surface area contributed by atoms with E-state index in [2.05, 4.69) is 154 Å². The van der Waals surface area contributed by atoms with Gasteiger partial charge in [-0.25, -0.2) is 0 Å². The van der Waals surface area contributed by atoms with Gasteiger partial charge in [0.15, 0.2) is 6.10 Å². The lowest BCUT2D eigenvalue weighted by atomic mass is 10.1. The van der Waals surface area contributed by atoms with Crippen molar-refractivity contribution in [3.8, 4) is 0 Å². The van der Waals surface area contributed by atoms with Crippen LogP contribution in [0.2, 0.25) is 0 Å². The van der Waals surface area contributed by atoms with Crippen molar-refractivity contribution >= 4 is 17.9 Å². The Bertz CT molecular complexity index is 1620. The summed E-state index contributed by atoms with van der Waals surface area (Å²) in [7, 11) is 0. The average molecular weight is 1040 g/mol. The van der Waals surface area contributed by atoms with Gasteiger partial charge in [-0.05, 0) is 135 Å². The van der Waals surface area contributed by atoms with E-state index in [-0.39, 0.29) is 37.5 Å². The summed E-state index contributed by atoms with van der Waals surface area (Å²) in [5.41, 5.74) is 0. The van der Waals surface area contributed by atoms with Gasteiger partial charge in [0.2, 0.25) is 0 Å². The van der Waals surface area contributed by atoms with Crippen LogP contribution in [0, 0.1) is 0 Å². The number of carbonyl (C=O) groups excluding carboxylic acids is 3. The van der Waals surface area contributed by atoms with E-state index >= 15 is 0 Å². The van der Waals surface area contributed by atoms with Crippen molar-refractivity contribution in [1.82, 2.24) is 0 Å². The van der Waals surface area contributed by atoms with Crippen LogP contribution in [-0.4, -0.2) is 37.2 Å². The van der Waals surface area contributed by atoms with Gasteiger partial charge in [0, 0.05) is 19.3 Å². The van der Waals surface area contributed by atoms with Gasteiger partial charge < -0.3 is 14.2 Å². The molecule has 0 aliphatic carbocycles. The average Bonchev–Trinajstić information content (AvgIpc) is 3.41. The number of carbonyl (C=O) groups is 3. The van der Waals surface area contributed by atoms with Crippen LogP contribution in [0.4, 0.5) is 0 Å². The van der Waals surface area contributed by atoms with Crippen LogP contribution < -0.4 is 0 Å².